The quantitative estimate of drug-likeness (QED) is 0.418. The fourth-order valence-corrected chi connectivity index (χ4v) is 2.08. The zero-order chi connectivity index (χ0) is 16.2. The van der Waals surface area contributed by atoms with Gasteiger partial charge in [-0.05, 0) is 25.8 Å². The van der Waals surface area contributed by atoms with Gasteiger partial charge >= 0.3 is 0 Å². The van der Waals surface area contributed by atoms with Crippen molar-refractivity contribution in [3.63, 3.8) is 0 Å². The molecular formula is C17H29N3O2. The molecule has 0 saturated carbocycles. The summed E-state index contributed by atoms with van der Waals surface area (Å²) in [5.74, 6) is 0.792. The van der Waals surface area contributed by atoms with Gasteiger partial charge in [-0.1, -0.05) is 30.3 Å². The molecule has 0 bridgehead atoms. The van der Waals surface area contributed by atoms with E-state index in [4.69, 9.17) is 9.47 Å². The molecule has 5 heteroatoms. The molecule has 0 spiro atoms. The minimum absolute atomic E-state index is 0.125. The third-order valence-corrected chi connectivity index (χ3v) is 3.27. The molecule has 0 heterocycles. The molecule has 22 heavy (non-hydrogen) atoms. The summed E-state index contributed by atoms with van der Waals surface area (Å²) in [7, 11) is 3.46. The van der Waals surface area contributed by atoms with Gasteiger partial charge < -0.3 is 20.1 Å². The number of hydrogen-bond acceptors (Lipinski definition) is 3. The van der Waals surface area contributed by atoms with Gasteiger partial charge in [-0.15, -0.1) is 0 Å². The van der Waals surface area contributed by atoms with Crippen LogP contribution in [0.4, 0.5) is 0 Å². The normalized spacial score (nSPS) is 14.5. The molecule has 1 aromatic carbocycles. The van der Waals surface area contributed by atoms with Crippen molar-refractivity contribution in [3.05, 3.63) is 35.9 Å². The fourth-order valence-electron chi connectivity index (χ4n) is 2.08. The number of benzene rings is 1. The first-order chi connectivity index (χ1) is 10.7. The fraction of sp³-hybridized carbons (Fsp3) is 0.588. The number of ether oxygens (including phenoxy) is 2. The van der Waals surface area contributed by atoms with Crippen LogP contribution in [0.5, 0.6) is 0 Å². The molecule has 0 aromatic heterocycles. The van der Waals surface area contributed by atoms with Crippen LogP contribution in [0.25, 0.3) is 0 Å². The van der Waals surface area contributed by atoms with Crippen LogP contribution in [0, 0.1) is 0 Å². The van der Waals surface area contributed by atoms with E-state index in [1.807, 2.05) is 18.2 Å². The Balaban J connectivity index is 2.16. The average Bonchev–Trinajstić information content (AvgIpc) is 2.54. The minimum atomic E-state index is 0.125. The van der Waals surface area contributed by atoms with Gasteiger partial charge in [0.1, 0.15) is 0 Å². The number of guanidine groups is 1. The van der Waals surface area contributed by atoms with Crippen molar-refractivity contribution in [3.8, 4) is 0 Å². The molecule has 0 radical (unpaired) electrons. The Morgan fingerprint density at radius 1 is 1.23 bits per heavy atom. The molecule has 0 aliphatic heterocycles. The summed E-state index contributed by atoms with van der Waals surface area (Å²) in [6.07, 6.45) is 1.05. The molecular weight excluding hydrogens is 278 g/mol. The SMILES string of the molecule is CN=C(NCCCOC(C)c1ccccc1)NC(C)COC. The van der Waals surface area contributed by atoms with Crippen molar-refractivity contribution >= 4 is 5.96 Å². The monoisotopic (exact) mass is 307 g/mol. The van der Waals surface area contributed by atoms with Gasteiger partial charge in [0.15, 0.2) is 5.96 Å². The van der Waals surface area contributed by atoms with E-state index >= 15 is 0 Å². The second kappa shape index (κ2) is 11.0. The molecule has 0 fully saturated rings. The van der Waals surface area contributed by atoms with E-state index in [-0.39, 0.29) is 12.1 Å². The first-order valence-corrected chi connectivity index (χ1v) is 7.80. The number of rotatable bonds is 9. The smallest absolute Gasteiger partial charge is 0.191 e. The second-order valence-electron chi connectivity index (χ2n) is 5.28. The molecule has 1 aromatic rings. The Kier molecular flexibility index (Phi) is 9.26. The van der Waals surface area contributed by atoms with Crippen LogP contribution < -0.4 is 10.6 Å². The van der Waals surface area contributed by atoms with Crippen molar-refractivity contribution in [2.45, 2.75) is 32.4 Å². The van der Waals surface area contributed by atoms with E-state index in [1.165, 1.54) is 5.56 Å². The molecule has 0 aliphatic rings. The van der Waals surface area contributed by atoms with Crippen LogP contribution >= 0.6 is 0 Å². The Labute approximate surface area is 134 Å². The van der Waals surface area contributed by atoms with Crippen LogP contribution in [-0.2, 0) is 9.47 Å². The van der Waals surface area contributed by atoms with Gasteiger partial charge in [-0.25, -0.2) is 0 Å². The van der Waals surface area contributed by atoms with Gasteiger partial charge in [-0.2, -0.15) is 0 Å². The summed E-state index contributed by atoms with van der Waals surface area (Å²) in [6, 6.07) is 10.5. The molecule has 2 atom stereocenters. The molecule has 2 unspecified atom stereocenters. The van der Waals surface area contributed by atoms with Crippen LogP contribution in [0.3, 0.4) is 0 Å². The van der Waals surface area contributed by atoms with Gasteiger partial charge in [0.2, 0.25) is 0 Å². The lowest BCUT2D eigenvalue weighted by molar-refractivity contribution is 0.0646. The largest absolute Gasteiger partial charge is 0.383 e. The highest BCUT2D eigenvalue weighted by atomic mass is 16.5. The van der Waals surface area contributed by atoms with Gasteiger partial charge in [0, 0.05) is 33.4 Å². The summed E-state index contributed by atoms with van der Waals surface area (Å²) in [6.45, 7) is 6.32. The van der Waals surface area contributed by atoms with E-state index in [9.17, 15) is 0 Å². The lowest BCUT2D eigenvalue weighted by Gasteiger charge is -2.17. The maximum atomic E-state index is 5.84. The lowest BCUT2D eigenvalue weighted by atomic mass is 10.1. The Bertz CT molecular complexity index is 423. The third-order valence-electron chi connectivity index (χ3n) is 3.27. The van der Waals surface area contributed by atoms with Crippen molar-refractivity contribution in [2.24, 2.45) is 4.99 Å². The second-order valence-corrected chi connectivity index (χ2v) is 5.28. The summed E-state index contributed by atoms with van der Waals surface area (Å²) >= 11 is 0. The maximum absolute atomic E-state index is 5.84. The highest BCUT2D eigenvalue weighted by molar-refractivity contribution is 5.79. The lowest BCUT2D eigenvalue weighted by Crippen LogP contribution is -2.44. The Morgan fingerprint density at radius 3 is 2.59 bits per heavy atom. The van der Waals surface area contributed by atoms with Crippen molar-refractivity contribution in [2.75, 3.05) is 33.9 Å². The molecule has 2 N–H and O–H groups in total. The number of hydrogen-bond donors (Lipinski definition) is 2. The molecule has 0 aliphatic carbocycles. The molecule has 0 saturated heterocycles. The summed E-state index contributed by atoms with van der Waals surface area (Å²) < 4.78 is 10.9. The number of nitrogens with one attached hydrogen (secondary N) is 2. The molecule has 1 rings (SSSR count). The van der Waals surface area contributed by atoms with Gasteiger partial charge in [-0.3, -0.25) is 4.99 Å². The zero-order valence-corrected chi connectivity index (χ0v) is 14.1. The van der Waals surface area contributed by atoms with Gasteiger partial charge in [0.05, 0.1) is 12.7 Å². The van der Waals surface area contributed by atoms with E-state index < -0.39 is 0 Å². The predicted octanol–water partition coefficient (Wildman–Crippen LogP) is 2.35. The third kappa shape index (κ3) is 7.43. The molecule has 0 amide bonds. The van der Waals surface area contributed by atoms with Crippen LogP contribution in [0.2, 0.25) is 0 Å². The first kappa shape index (κ1) is 18.5. The maximum Gasteiger partial charge on any atom is 0.191 e. The van der Waals surface area contributed by atoms with Crippen molar-refractivity contribution in [1.29, 1.82) is 0 Å². The van der Waals surface area contributed by atoms with E-state index in [0.29, 0.717) is 13.2 Å². The first-order valence-electron chi connectivity index (χ1n) is 7.80. The Hall–Kier alpha value is -1.59. The highest BCUT2D eigenvalue weighted by Gasteiger charge is 2.05. The predicted molar refractivity (Wildman–Crippen MR) is 91.3 cm³/mol. The van der Waals surface area contributed by atoms with E-state index in [1.54, 1.807) is 14.2 Å². The standard InChI is InChI=1S/C17H29N3O2/c1-14(13-21-4)20-17(18-3)19-11-8-12-22-15(2)16-9-6-5-7-10-16/h5-7,9-10,14-15H,8,11-13H2,1-4H3,(H2,18,19,20). The van der Waals surface area contributed by atoms with Crippen LogP contribution in [-0.4, -0.2) is 45.9 Å². The minimum Gasteiger partial charge on any atom is -0.383 e. The summed E-state index contributed by atoms with van der Waals surface area (Å²) in [5, 5.41) is 6.54. The topological polar surface area (TPSA) is 54.9 Å². The number of nitrogens with zero attached hydrogens (tertiary/aromatic N) is 1. The van der Waals surface area contributed by atoms with Crippen LogP contribution in [0.1, 0.15) is 31.9 Å². The van der Waals surface area contributed by atoms with E-state index in [0.717, 1.165) is 18.9 Å². The van der Waals surface area contributed by atoms with Crippen molar-refractivity contribution in [1.82, 2.24) is 10.6 Å². The van der Waals surface area contributed by atoms with E-state index in [2.05, 4.69) is 41.6 Å². The zero-order valence-electron chi connectivity index (χ0n) is 14.1. The highest BCUT2D eigenvalue weighted by Crippen LogP contribution is 2.15. The Morgan fingerprint density at radius 2 is 1.95 bits per heavy atom. The van der Waals surface area contributed by atoms with Gasteiger partial charge in [0.25, 0.3) is 0 Å². The summed E-state index contributed by atoms with van der Waals surface area (Å²) in [4.78, 5) is 4.19. The van der Waals surface area contributed by atoms with Crippen LogP contribution in [0.15, 0.2) is 35.3 Å². The summed E-state index contributed by atoms with van der Waals surface area (Å²) in [5.41, 5.74) is 1.21. The molecule has 124 valence electrons. The number of aliphatic imine (C=N–C) groups is 1. The molecule has 5 nitrogen and oxygen atoms in total. The van der Waals surface area contributed by atoms with Crippen molar-refractivity contribution < 1.29 is 9.47 Å². The average molecular weight is 307 g/mol. The number of methoxy groups -OCH3 is 1.